The van der Waals surface area contributed by atoms with Gasteiger partial charge >= 0.3 is 0 Å². The van der Waals surface area contributed by atoms with Crippen LogP contribution < -0.4 is 5.32 Å². The van der Waals surface area contributed by atoms with E-state index in [0.717, 1.165) is 42.0 Å². The van der Waals surface area contributed by atoms with E-state index in [1.54, 1.807) is 0 Å². The lowest BCUT2D eigenvalue weighted by Crippen LogP contribution is -2.33. The van der Waals surface area contributed by atoms with Crippen molar-refractivity contribution in [1.82, 2.24) is 5.32 Å². The fraction of sp³-hybridized carbons (Fsp3) is 0.389. The number of aliphatic hydroxyl groups is 1. The summed E-state index contributed by atoms with van der Waals surface area (Å²) in [7, 11) is 0. The Morgan fingerprint density at radius 3 is 2.81 bits per heavy atom. The molecule has 1 amide bonds. The van der Waals surface area contributed by atoms with E-state index >= 15 is 0 Å². The van der Waals surface area contributed by atoms with Crippen molar-refractivity contribution in [3.8, 4) is 0 Å². The molecule has 2 aromatic rings. The number of rotatable bonds is 3. The number of fused-ring (bicyclic) bond motifs is 1. The number of carbonyl (C=O) groups is 1. The monoisotopic (exact) mass is 283 g/mol. The van der Waals surface area contributed by atoms with Crippen molar-refractivity contribution in [2.75, 3.05) is 6.54 Å². The lowest BCUT2D eigenvalue weighted by Gasteiger charge is -2.25. The molecule has 0 heterocycles. The lowest BCUT2D eigenvalue weighted by atomic mass is 9.87. The van der Waals surface area contributed by atoms with Crippen molar-refractivity contribution in [2.45, 2.75) is 31.8 Å². The first-order chi connectivity index (χ1) is 10.2. The number of hydrogen-bond acceptors (Lipinski definition) is 2. The first-order valence-electron chi connectivity index (χ1n) is 7.68. The van der Waals surface area contributed by atoms with Gasteiger partial charge < -0.3 is 10.4 Å². The minimum Gasteiger partial charge on any atom is -0.393 e. The third-order valence-corrected chi connectivity index (χ3v) is 4.34. The maximum absolute atomic E-state index is 12.4. The van der Waals surface area contributed by atoms with E-state index in [2.05, 4.69) is 5.32 Å². The summed E-state index contributed by atoms with van der Waals surface area (Å²) in [5.41, 5.74) is 0.726. The van der Waals surface area contributed by atoms with Gasteiger partial charge in [-0.25, -0.2) is 0 Å². The summed E-state index contributed by atoms with van der Waals surface area (Å²) >= 11 is 0. The SMILES string of the molecule is O=C(NCC1CCCC(O)C1)c1cccc2ccccc12. The van der Waals surface area contributed by atoms with Gasteiger partial charge in [-0.05, 0) is 42.0 Å². The summed E-state index contributed by atoms with van der Waals surface area (Å²) in [5.74, 6) is 0.375. The zero-order valence-corrected chi connectivity index (χ0v) is 12.1. The molecule has 0 spiro atoms. The van der Waals surface area contributed by atoms with E-state index in [-0.39, 0.29) is 12.0 Å². The van der Waals surface area contributed by atoms with Crippen LogP contribution in [0.2, 0.25) is 0 Å². The molecule has 0 aromatic heterocycles. The first kappa shape index (κ1) is 14.1. The van der Waals surface area contributed by atoms with Crippen molar-refractivity contribution in [3.05, 3.63) is 48.0 Å². The van der Waals surface area contributed by atoms with Crippen LogP contribution in [0.4, 0.5) is 0 Å². The number of nitrogens with one attached hydrogen (secondary N) is 1. The van der Waals surface area contributed by atoms with Crippen LogP contribution in [0.5, 0.6) is 0 Å². The van der Waals surface area contributed by atoms with Gasteiger partial charge in [-0.2, -0.15) is 0 Å². The number of benzene rings is 2. The molecular weight excluding hydrogens is 262 g/mol. The third-order valence-electron chi connectivity index (χ3n) is 4.34. The summed E-state index contributed by atoms with van der Waals surface area (Å²) < 4.78 is 0. The van der Waals surface area contributed by atoms with Crippen molar-refractivity contribution >= 4 is 16.7 Å². The largest absolute Gasteiger partial charge is 0.393 e. The normalized spacial score (nSPS) is 22.1. The van der Waals surface area contributed by atoms with E-state index < -0.39 is 0 Å². The van der Waals surface area contributed by atoms with Crippen molar-refractivity contribution in [3.63, 3.8) is 0 Å². The molecule has 0 radical (unpaired) electrons. The molecule has 0 aliphatic heterocycles. The Labute approximate surface area is 125 Å². The third kappa shape index (κ3) is 3.24. The van der Waals surface area contributed by atoms with Crippen LogP contribution in [0.1, 0.15) is 36.0 Å². The summed E-state index contributed by atoms with van der Waals surface area (Å²) in [6.07, 6.45) is 3.64. The highest BCUT2D eigenvalue weighted by Crippen LogP contribution is 2.24. The van der Waals surface area contributed by atoms with Crippen LogP contribution in [0, 0.1) is 5.92 Å². The molecule has 0 saturated heterocycles. The van der Waals surface area contributed by atoms with E-state index in [1.165, 1.54) is 0 Å². The molecule has 2 atom stereocenters. The van der Waals surface area contributed by atoms with Crippen LogP contribution in [0.15, 0.2) is 42.5 Å². The fourth-order valence-corrected chi connectivity index (χ4v) is 3.20. The van der Waals surface area contributed by atoms with Gasteiger partial charge in [0.15, 0.2) is 0 Å². The Bertz CT molecular complexity index is 633. The Morgan fingerprint density at radius 2 is 1.95 bits per heavy atom. The molecule has 3 rings (SSSR count). The van der Waals surface area contributed by atoms with E-state index in [9.17, 15) is 9.90 Å². The van der Waals surface area contributed by atoms with Crippen molar-refractivity contribution < 1.29 is 9.90 Å². The van der Waals surface area contributed by atoms with Gasteiger partial charge in [0.25, 0.3) is 5.91 Å². The first-order valence-corrected chi connectivity index (χ1v) is 7.68. The number of amides is 1. The minimum atomic E-state index is -0.196. The average Bonchev–Trinajstić information content (AvgIpc) is 2.52. The van der Waals surface area contributed by atoms with Gasteiger partial charge in [-0.15, -0.1) is 0 Å². The van der Waals surface area contributed by atoms with Gasteiger partial charge in [-0.3, -0.25) is 4.79 Å². The molecule has 0 bridgehead atoms. The molecule has 1 aliphatic rings. The van der Waals surface area contributed by atoms with E-state index in [4.69, 9.17) is 0 Å². The average molecular weight is 283 g/mol. The Morgan fingerprint density at radius 1 is 1.14 bits per heavy atom. The number of hydrogen-bond donors (Lipinski definition) is 2. The molecular formula is C18H21NO2. The molecule has 1 aliphatic carbocycles. The van der Waals surface area contributed by atoms with Gasteiger partial charge in [0.05, 0.1) is 6.10 Å². The number of carbonyl (C=O) groups excluding carboxylic acids is 1. The van der Waals surface area contributed by atoms with Crippen molar-refractivity contribution in [2.24, 2.45) is 5.92 Å². The Balaban J connectivity index is 1.69. The van der Waals surface area contributed by atoms with Gasteiger partial charge in [0, 0.05) is 12.1 Å². The molecule has 110 valence electrons. The molecule has 2 N–H and O–H groups in total. The highest BCUT2D eigenvalue weighted by molar-refractivity contribution is 6.06. The Kier molecular flexibility index (Phi) is 4.20. The topological polar surface area (TPSA) is 49.3 Å². The molecule has 3 nitrogen and oxygen atoms in total. The van der Waals surface area contributed by atoms with Gasteiger partial charge in [-0.1, -0.05) is 42.8 Å². The van der Waals surface area contributed by atoms with Crippen LogP contribution in [0.3, 0.4) is 0 Å². The summed E-state index contributed by atoms with van der Waals surface area (Å²) in [5, 5.41) is 14.8. The van der Waals surface area contributed by atoms with Crippen LogP contribution >= 0.6 is 0 Å². The smallest absolute Gasteiger partial charge is 0.251 e. The van der Waals surface area contributed by atoms with Crippen LogP contribution in [-0.4, -0.2) is 23.7 Å². The predicted octanol–water partition coefficient (Wildman–Crippen LogP) is 3.12. The van der Waals surface area contributed by atoms with E-state index in [1.807, 2.05) is 42.5 Å². The maximum atomic E-state index is 12.4. The highest BCUT2D eigenvalue weighted by Gasteiger charge is 2.21. The molecule has 2 aromatic carbocycles. The molecule has 21 heavy (non-hydrogen) atoms. The highest BCUT2D eigenvalue weighted by atomic mass is 16.3. The van der Waals surface area contributed by atoms with Gasteiger partial charge in [0.1, 0.15) is 0 Å². The standard InChI is InChI=1S/C18H21NO2/c20-15-8-3-5-13(11-15)12-19-18(21)17-10-4-7-14-6-1-2-9-16(14)17/h1-2,4,6-7,9-10,13,15,20H,3,5,8,11-12H2,(H,19,21). The molecule has 3 heteroatoms. The van der Waals surface area contributed by atoms with E-state index in [0.29, 0.717) is 12.5 Å². The van der Waals surface area contributed by atoms with Crippen LogP contribution in [-0.2, 0) is 0 Å². The van der Waals surface area contributed by atoms with Crippen LogP contribution in [0.25, 0.3) is 10.8 Å². The van der Waals surface area contributed by atoms with Crippen molar-refractivity contribution in [1.29, 1.82) is 0 Å². The van der Waals surface area contributed by atoms with Gasteiger partial charge in [0.2, 0.25) is 0 Å². The summed E-state index contributed by atoms with van der Waals surface area (Å²) in [6, 6.07) is 13.7. The Hall–Kier alpha value is -1.87. The fourth-order valence-electron chi connectivity index (χ4n) is 3.20. The second-order valence-electron chi connectivity index (χ2n) is 5.92. The molecule has 1 saturated carbocycles. The second-order valence-corrected chi connectivity index (χ2v) is 5.92. The zero-order valence-electron chi connectivity index (χ0n) is 12.1. The zero-order chi connectivity index (χ0) is 14.7. The minimum absolute atomic E-state index is 0.0214. The maximum Gasteiger partial charge on any atom is 0.251 e. The predicted molar refractivity (Wildman–Crippen MR) is 84.2 cm³/mol. The quantitative estimate of drug-likeness (QED) is 0.909. The number of aliphatic hydroxyl groups excluding tert-OH is 1. The molecule has 2 unspecified atom stereocenters. The summed E-state index contributed by atoms with van der Waals surface area (Å²) in [4.78, 5) is 12.4. The molecule has 1 fully saturated rings. The second kappa shape index (κ2) is 6.27. The lowest BCUT2D eigenvalue weighted by molar-refractivity contribution is 0.0875. The summed E-state index contributed by atoms with van der Waals surface area (Å²) in [6.45, 7) is 0.652.